The summed E-state index contributed by atoms with van der Waals surface area (Å²) >= 11 is 0. The molecule has 4 heteroatoms. The van der Waals surface area contributed by atoms with E-state index in [9.17, 15) is 0 Å². The van der Waals surface area contributed by atoms with Crippen LogP contribution in [0.4, 0.5) is 0 Å². The molecule has 0 aromatic carbocycles. The second-order valence-electron chi connectivity index (χ2n) is 1.02. The molecule has 0 aliphatic carbocycles. The van der Waals surface area contributed by atoms with E-state index in [1.54, 1.807) is 0 Å². The van der Waals surface area contributed by atoms with Gasteiger partial charge in [-0.15, -0.1) is 0 Å². The van der Waals surface area contributed by atoms with E-state index in [1.807, 2.05) is 0 Å². The first-order valence-corrected chi connectivity index (χ1v) is 1.71. The third-order valence-electron chi connectivity index (χ3n) is 0.421. The molecule has 1 radical (unpaired) electrons. The summed E-state index contributed by atoms with van der Waals surface area (Å²) in [7, 11) is 0. The van der Waals surface area contributed by atoms with E-state index in [0.717, 1.165) is 0 Å². The Kier molecular flexibility index (Phi) is 10.4. The quantitative estimate of drug-likeness (QED) is 0.514. The minimum Gasteiger partial charge on any atom is -0.394 e. The molecule has 0 fully saturated rings. The first-order chi connectivity index (χ1) is 2.81. The fourth-order valence-corrected chi connectivity index (χ4v) is 0.0577. The molecule has 0 atom stereocenters. The van der Waals surface area contributed by atoms with E-state index < -0.39 is 6.10 Å². The molecular weight excluding hydrogens is 288 g/mol. The van der Waals surface area contributed by atoms with Gasteiger partial charge in [-0.25, -0.2) is 0 Å². The van der Waals surface area contributed by atoms with Gasteiger partial charge in [0.25, 0.3) is 0 Å². The molecule has 0 bridgehead atoms. The van der Waals surface area contributed by atoms with Crippen molar-refractivity contribution >= 4 is 27.3 Å². The van der Waals surface area contributed by atoms with Crippen molar-refractivity contribution in [3.63, 3.8) is 0 Å². The summed E-state index contributed by atoms with van der Waals surface area (Å²) in [6.45, 7) is -0.729. The zero-order chi connectivity index (χ0) is 4.99. The number of hydrogen-bond acceptors (Lipinski definition) is 3. The largest absolute Gasteiger partial charge is 0.394 e. The van der Waals surface area contributed by atoms with Gasteiger partial charge in [-0.05, 0) is 0 Å². The van der Waals surface area contributed by atoms with Crippen molar-refractivity contribution in [2.75, 3.05) is 13.2 Å². The third-order valence-corrected chi connectivity index (χ3v) is 0.421. The van der Waals surface area contributed by atoms with E-state index in [-0.39, 0.29) is 40.5 Å². The van der Waals surface area contributed by atoms with Crippen LogP contribution >= 0.6 is 0 Å². The van der Waals surface area contributed by atoms with Crippen molar-refractivity contribution in [1.82, 2.24) is 0 Å². The van der Waals surface area contributed by atoms with Crippen molar-refractivity contribution in [3.8, 4) is 0 Å². The molecule has 7 heavy (non-hydrogen) atoms. The summed E-state index contributed by atoms with van der Waals surface area (Å²) in [5.74, 6) is 0. The van der Waals surface area contributed by atoms with Gasteiger partial charge in [0.2, 0.25) is 0 Å². The molecule has 0 aliphatic rings. The maximum Gasteiger partial charge on any atom is 0.100 e. The van der Waals surface area contributed by atoms with Crippen LogP contribution in [0, 0.1) is 0 Å². The van der Waals surface area contributed by atoms with Gasteiger partial charge in [0.1, 0.15) is 6.10 Å². The second kappa shape index (κ2) is 6.80. The van der Waals surface area contributed by atoms with Gasteiger partial charge in [-0.1, -0.05) is 0 Å². The third kappa shape index (κ3) is 6.80. The Bertz CT molecular complexity index is 29.4. The summed E-state index contributed by atoms with van der Waals surface area (Å²) in [5.41, 5.74) is 0. The average Bonchev–Trinajstić information content (AvgIpc) is 1.65. The summed E-state index contributed by atoms with van der Waals surface area (Å²) in [6.07, 6.45) is -0.954. The minimum atomic E-state index is -0.954. The Labute approximate surface area is 62.1 Å². The first kappa shape index (κ1) is 10.7. The zero-order valence-corrected chi connectivity index (χ0v) is 8.40. The molecule has 3 N–H and O–H groups in total. The Morgan fingerprint density at radius 3 is 1.43 bits per heavy atom. The van der Waals surface area contributed by atoms with Crippen LogP contribution in [-0.2, 0) is 0 Å². The van der Waals surface area contributed by atoms with Crippen molar-refractivity contribution in [2.24, 2.45) is 0 Å². The van der Waals surface area contributed by atoms with Gasteiger partial charge in [-0.3, -0.25) is 0 Å². The maximum absolute atomic E-state index is 8.17. The topological polar surface area (TPSA) is 60.7 Å². The molecule has 0 aromatic heterocycles. The van der Waals surface area contributed by atoms with Gasteiger partial charge < -0.3 is 15.3 Å². The predicted molar refractivity (Wildman–Crippen MR) is 25.9 cm³/mol. The Hall–Kier alpha value is 0.802. The van der Waals surface area contributed by atoms with Gasteiger partial charge >= 0.3 is 0 Å². The predicted octanol–water partition coefficient (Wildman–Crippen LogP) is -2.05. The number of rotatable bonds is 2. The average molecular weight is 296 g/mol. The van der Waals surface area contributed by atoms with E-state index in [4.69, 9.17) is 15.3 Å². The van der Waals surface area contributed by atoms with E-state index in [2.05, 4.69) is 0 Å². The van der Waals surface area contributed by atoms with Gasteiger partial charge in [0, 0.05) is 27.3 Å². The molecule has 3 nitrogen and oxygen atoms in total. The summed E-state index contributed by atoms with van der Waals surface area (Å²) in [4.78, 5) is 0. The van der Waals surface area contributed by atoms with E-state index in [0.29, 0.717) is 0 Å². The fraction of sp³-hybridized carbons (Fsp3) is 1.00. The van der Waals surface area contributed by atoms with Crippen LogP contribution in [0.3, 0.4) is 0 Å². The minimum absolute atomic E-state index is 0. The standard InChI is InChI=1S/C3H8O3.Tl/c4-1-3(6)2-5;/h3-6H,1-2H2;. The molecular formula is C3H8O3Tl. The van der Waals surface area contributed by atoms with Crippen molar-refractivity contribution < 1.29 is 15.3 Å². The zero-order valence-electron chi connectivity index (χ0n) is 3.91. The Balaban J connectivity index is 0. The molecule has 41 valence electrons. The van der Waals surface area contributed by atoms with Crippen LogP contribution in [-0.4, -0.2) is 61.9 Å². The molecule has 0 aliphatic heterocycles. The summed E-state index contributed by atoms with van der Waals surface area (Å²) < 4.78 is 0. The smallest absolute Gasteiger partial charge is 0.100 e. The van der Waals surface area contributed by atoms with Gasteiger partial charge in [-0.2, -0.15) is 0 Å². The molecule has 0 amide bonds. The number of aliphatic hydroxyl groups excluding tert-OH is 3. The Morgan fingerprint density at radius 1 is 1.14 bits per heavy atom. The van der Waals surface area contributed by atoms with Gasteiger partial charge in [0.05, 0.1) is 13.2 Å². The van der Waals surface area contributed by atoms with E-state index in [1.165, 1.54) is 0 Å². The normalized spacial score (nSPS) is 8.57. The van der Waals surface area contributed by atoms with Crippen molar-refractivity contribution in [3.05, 3.63) is 0 Å². The molecule has 0 spiro atoms. The van der Waals surface area contributed by atoms with Crippen LogP contribution in [0.1, 0.15) is 0 Å². The summed E-state index contributed by atoms with van der Waals surface area (Å²) in [6, 6.07) is 0. The molecule has 0 rings (SSSR count). The van der Waals surface area contributed by atoms with Crippen molar-refractivity contribution in [1.29, 1.82) is 0 Å². The maximum atomic E-state index is 8.17. The van der Waals surface area contributed by atoms with Crippen LogP contribution in [0.15, 0.2) is 0 Å². The molecule has 0 saturated heterocycles. The van der Waals surface area contributed by atoms with E-state index >= 15 is 0 Å². The van der Waals surface area contributed by atoms with Crippen LogP contribution in [0.2, 0.25) is 0 Å². The van der Waals surface area contributed by atoms with Crippen molar-refractivity contribution in [2.45, 2.75) is 6.10 Å². The SMILES string of the molecule is OCC(O)CO.[Tl]. The van der Waals surface area contributed by atoms with Crippen LogP contribution < -0.4 is 0 Å². The molecule has 0 unspecified atom stereocenters. The number of aliphatic hydroxyl groups is 3. The van der Waals surface area contributed by atoms with Crippen LogP contribution in [0.5, 0.6) is 0 Å². The first-order valence-electron chi connectivity index (χ1n) is 1.71. The Morgan fingerprint density at radius 2 is 1.43 bits per heavy atom. The second-order valence-corrected chi connectivity index (χ2v) is 1.02. The monoisotopic (exact) mass is 297 g/mol. The molecule has 0 saturated carbocycles. The summed E-state index contributed by atoms with van der Waals surface area (Å²) in [5, 5.41) is 24.0. The molecule has 0 heterocycles. The molecule has 0 aromatic rings. The van der Waals surface area contributed by atoms with Gasteiger partial charge in [0.15, 0.2) is 0 Å². The van der Waals surface area contributed by atoms with Crippen LogP contribution in [0.25, 0.3) is 0 Å². The fourth-order valence-electron chi connectivity index (χ4n) is 0.0577. The number of hydrogen-bond donors (Lipinski definition) is 3.